The maximum Gasteiger partial charge on any atom is 0.275 e. The summed E-state index contributed by atoms with van der Waals surface area (Å²) >= 11 is 1.42. The molecule has 0 radical (unpaired) electrons. The number of carbonyl (C=O) groups excluding carboxylic acids is 1. The number of aromatic nitrogens is 5. The number of carbonyl (C=O) groups is 1. The Morgan fingerprint density at radius 1 is 1.24 bits per heavy atom. The molecule has 0 aliphatic carbocycles. The van der Waals surface area contributed by atoms with Gasteiger partial charge in [0.1, 0.15) is 16.5 Å². The maximum atomic E-state index is 13.8. The van der Waals surface area contributed by atoms with E-state index in [0.29, 0.717) is 41.0 Å². The van der Waals surface area contributed by atoms with Crippen molar-refractivity contribution in [3.05, 3.63) is 58.7 Å². The van der Waals surface area contributed by atoms with Crippen LogP contribution in [0.3, 0.4) is 0 Å². The van der Waals surface area contributed by atoms with Gasteiger partial charge in [-0.15, -0.1) is 0 Å². The first-order valence-electron chi connectivity index (χ1n) is 11.0. The van der Waals surface area contributed by atoms with Gasteiger partial charge in [-0.3, -0.25) is 4.79 Å². The van der Waals surface area contributed by atoms with Crippen LogP contribution < -0.4 is 5.32 Å². The molecule has 1 aromatic carbocycles. The van der Waals surface area contributed by atoms with E-state index in [2.05, 4.69) is 32.3 Å². The second-order valence-corrected chi connectivity index (χ2v) is 9.24. The Kier molecular flexibility index (Phi) is 5.76. The molecule has 0 bridgehead atoms. The number of aryl methyl sites for hydroxylation is 2. The lowest BCUT2D eigenvalue weighted by molar-refractivity contribution is 0.0736. The quantitative estimate of drug-likeness (QED) is 0.464. The lowest BCUT2D eigenvalue weighted by Crippen LogP contribution is -2.40. The summed E-state index contributed by atoms with van der Waals surface area (Å²) < 4.78 is 15.1. The SMILES string of the molecule is CCc1cnc(NCC2CCCN2C(=O)c2c(-c3ccc(F)cc3)nc3sc(C)nn23)nc1. The van der Waals surface area contributed by atoms with E-state index < -0.39 is 0 Å². The van der Waals surface area contributed by atoms with Crippen LogP contribution in [-0.2, 0) is 6.42 Å². The molecule has 33 heavy (non-hydrogen) atoms. The van der Waals surface area contributed by atoms with Crippen LogP contribution >= 0.6 is 11.3 Å². The fourth-order valence-electron chi connectivity index (χ4n) is 4.13. The zero-order valence-electron chi connectivity index (χ0n) is 18.5. The normalized spacial score (nSPS) is 16.0. The highest BCUT2D eigenvalue weighted by molar-refractivity contribution is 7.16. The van der Waals surface area contributed by atoms with E-state index in [4.69, 9.17) is 0 Å². The van der Waals surface area contributed by atoms with Crippen LogP contribution in [0.1, 0.15) is 40.8 Å². The van der Waals surface area contributed by atoms with Crippen LogP contribution in [0.2, 0.25) is 0 Å². The Balaban J connectivity index is 1.43. The molecule has 1 unspecified atom stereocenters. The molecule has 1 amide bonds. The van der Waals surface area contributed by atoms with Gasteiger partial charge in [0.25, 0.3) is 5.91 Å². The monoisotopic (exact) mass is 465 g/mol. The van der Waals surface area contributed by atoms with Gasteiger partial charge in [-0.2, -0.15) is 9.61 Å². The predicted octanol–water partition coefficient (Wildman–Crippen LogP) is 3.97. The number of anilines is 1. The highest BCUT2D eigenvalue weighted by atomic mass is 32.1. The zero-order valence-corrected chi connectivity index (χ0v) is 19.3. The molecule has 4 aromatic rings. The summed E-state index contributed by atoms with van der Waals surface area (Å²) in [5, 5.41) is 8.61. The number of halogens is 1. The third kappa shape index (κ3) is 4.18. The molecule has 10 heteroatoms. The van der Waals surface area contributed by atoms with Crippen LogP contribution in [-0.4, -0.2) is 54.5 Å². The number of imidazole rings is 1. The molecule has 1 aliphatic rings. The fourth-order valence-corrected chi connectivity index (χ4v) is 4.88. The van der Waals surface area contributed by atoms with Gasteiger partial charge < -0.3 is 10.2 Å². The minimum absolute atomic E-state index is 0.00157. The lowest BCUT2D eigenvalue weighted by Gasteiger charge is -2.25. The van der Waals surface area contributed by atoms with Crippen LogP contribution in [0.4, 0.5) is 10.3 Å². The van der Waals surface area contributed by atoms with E-state index in [1.807, 2.05) is 24.2 Å². The van der Waals surface area contributed by atoms with Crippen molar-refractivity contribution in [1.82, 2.24) is 29.5 Å². The van der Waals surface area contributed by atoms with E-state index in [1.54, 1.807) is 16.6 Å². The first-order chi connectivity index (χ1) is 16.0. The van der Waals surface area contributed by atoms with Crippen molar-refractivity contribution < 1.29 is 9.18 Å². The number of hydrogen-bond acceptors (Lipinski definition) is 7. The standard InChI is InChI=1S/C23H24FN7OS/c1-3-15-11-25-22(26-12-15)27-13-18-5-4-10-30(18)21(32)20-19(16-6-8-17(24)9-7-16)28-23-31(20)29-14(2)33-23/h6-9,11-12,18H,3-5,10,13H2,1-2H3,(H,25,26,27). The third-order valence-corrected chi connectivity index (χ3v) is 6.70. The largest absolute Gasteiger partial charge is 0.352 e. The zero-order chi connectivity index (χ0) is 22.9. The molecule has 0 saturated carbocycles. The van der Waals surface area contributed by atoms with E-state index in [9.17, 15) is 9.18 Å². The molecule has 170 valence electrons. The van der Waals surface area contributed by atoms with Gasteiger partial charge in [0.2, 0.25) is 10.9 Å². The number of nitrogens with one attached hydrogen (secondary N) is 1. The fraction of sp³-hybridized carbons (Fsp3) is 0.348. The van der Waals surface area contributed by atoms with Gasteiger partial charge in [0.05, 0.1) is 0 Å². The Morgan fingerprint density at radius 3 is 2.73 bits per heavy atom. The smallest absolute Gasteiger partial charge is 0.275 e. The summed E-state index contributed by atoms with van der Waals surface area (Å²) in [6.07, 6.45) is 6.32. The molecule has 5 rings (SSSR count). The number of likely N-dealkylation sites (tertiary alicyclic amines) is 1. The molecule has 1 aliphatic heterocycles. The van der Waals surface area contributed by atoms with Crippen LogP contribution in [0, 0.1) is 12.7 Å². The van der Waals surface area contributed by atoms with Gasteiger partial charge in [-0.05, 0) is 56.0 Å². The molecular formula is C23H24FN7OS. The Hall–Kier alpha value is -3.40. The second-order valence-electron chi connectivity index (χ2n) is 8.08. The first-order valence-corrected chi connectivity index (χ1v) is 11.8. The van der Waals surface area contributed by atoms with E-state index in [1.165, 1.54) is 23.5 Å². The number of amides is 1. The number of nitrogens with zero attached hydrogens (tertiary/aromatic N) is 6. The van der Waals surface area contributed by atoms with Crippen LogP contribution in [0.15, 0.2) is 36.7 Å². The van der Waals surface area contributed by atoms with E-state index in [-0.39, 0.29) is 17.8 Å². The van der Waals surface area contributed by atoms with Gasteiger partial charge in [0.15, 0.2) is 5.69 Å². The van der Waals surface area contributed by atoms with Crippen LogP contribution in [0.25, 0.3) is 16.2 Å². The topological polar surface area (TPSA) is 88.3 Å². The summed E-state index contributed by atoms with van der Waals surface area (Å²) in [7, 11) is 0. The third-order valence-electron chi connectivity index (χ3n) is 5.87. The molecule has 8 nitrogen and oxygen atoms in total. The highest BCUT2D eigenvalue weighted by Crippen LogP contribution is 2.30. The number of rotatable bonds is 6. The minimum atomic E-state index is -0.332. The van der Waals surface area contributed by atoms with Gasteiger partial charge in [-0.25, -0.2) is 19.3 Å². The molecule has 1 N–H and O–H groups in total. The Bertz CT molecular complexity index is 1280. The average Bonchev–Trinajstić information content (AvgIpc) is 3.52. The summed E-state index contributed by atoms with van der Waals surface area (Å²) in [4.78, 5) is 29.7. The molecule has 1 atom stereocenters. The minimum Gasteiger partial charge on any atom is -0.352 e. The number of hydrogen-bond donors (Lipinski definition) is 1. The second kappa shape index (κ2) is 8.86. The number of benzene rings is 1. The molecular weight excluding hydrogens is 441 g/mol. The maximum absolute atomic E-state index is 13.8. The van der Waals surface area contributed by atoms with Gasteiger partial charge >= 0.3 is 0 Å². The van der Waals surface area contributed by atoms with Crippen molar-refractivity contribution in [2.24, 2.45) is 0 Å². The summed E-state index contributed by atoms with van der Waals surface area (Å²) in [5.74, 6) is 0.0977. The first kappa shape index (κ1) is 21.4. The summed E-state index contributed by atoms with van der Waals surface area (Å²) in [6, 6.07) is 6.04. The average molecular weight is 466 g/mol. The van der Waals surface area contributed by atoms with Crippen molar-refractivity contribution in [2.75, 3.05) is 18.4 Å². The van der Waals surface area contributed by atoms with Gasteiger partial charge in [-0.1, -0.05) is 18.3 Å². The number of fused-ring (bicyclic) bond motifs is 1. The molecule has 4 heterocycles. The van der Waals surface area contributed by atoms with Crippen molar-refractivity contribution in [1.29, 1.82) is 0 Å². The van der Waals surface area contributed by atoms with E-state index in [0.717, 1.165) is 29.8 Å². The molecule has 1 saturated heterocycles. The highest BCUT2D eigenvalue weighted by Gasteiger charge is 2.34. The van der Waals surface area contributed by atoms with Gasteiger partial charge in [0, 0.05) is 37.1 Å². The van der Waals surface area contributed by atoms with Crippen molar-refractivity contribution in [2.45, 2.75) is 39.2 Å². The van der Waals surface area contributed by atoms with Crippen LogP contribution in [0.5, 0.6) is 0 Å². The van der Waals surface area contributed by atoms with E-state index >= 15 is 0 Å². The Morgan fingerprint density at radius 2 is 2.00 bits per heavy atom. The van der Waals surface area contributed by atoms with Crippen molar-refractivity contribution in [3.8, 4) is 11.3 Å². The molecule has 1 fully saturated rings. The molecule has 0 spiro atoms. The molecule has 3 aromatic heterocycles. The van der Waals surface area contributed by atoms with Crippen molar-refractivity contribution >= 4 is 28.2 Å². The predicted molar refractivity (Wildman–Crippen MR) is 125 cm³/mol. The summed E-state index contributed by atoms with van der Waals surface area (Å²) in [6.45, 7) is 5.16. The lowest BCUT2D eigenvalue weighted by atomic mass is 10.1. The summed E-state index contributed by atoms with van der Waals surface area (Å²) in [5.41, 5.74) is 2.70. The van der Waals surface area contributed by atoms with Crippen molar-refractivity contribution in [3.63, 3.8) is 0 Å². The Labute approximate surface area is 194 Å².